The van der Waals surface area contributed by atoms with E-state index >= 15 is 0 Å². The largest absolute Gasteiger partial charge is 0.508 e. The summed E-state index contributed by atoms with van der Waals surface area (Å²) >= 11 is 6.11. The van der Waals surface area contributed by atoms with Crippen LogP contribution in [0.5, 0.6) is 5.75 Å². The van der Waals surface area contributed by atoms with Gasteiger partial charge in [-0.3, -0.25) is 4.98 Å². The average Bonchev–Trinajstić information content (AvgIpc) is 2.73. The molecule has 0 atom stereocenters. The molecule has 29 heavy (non-hydrogen) atoms. The minimum atomic E-state index is 0.273. The number of phenols is 1. The average molecular weight is 404 g/mol. The monoisotopic (exact) mass is 403 g/mol. The summed E-state index contributed by atoms with van der Waals surface area (Å²) in [5.41, 5.74) is 5.91. The van der Waals surface area contributed by atoms with Gasteiger partial charge in [-0.1, -0.05) is 29.8 Å². The molecule has 1 heterocycles. The lowest BCUT2D eigenvalue weighted by atomic mass is 10.1. The summed E-state index contributed by atoms with van der Waals surface area (Å²) in [6.45, 7) is 2.60. The predicted molar refractivity (Wildman–Crippen MR) is 121 cm³/mol. The van der Waals surface area contributed by atoms with Gasteiger partial charge in [0.1, 0.15) is 5.75 Å². The zero-order valence-electron chi connectivity index (χ0n) is 16.4. The van der Waals surface area contributed by atoms with Gasteiger partial charge in [0.25, 0.3) is 0 Å². The molecule has 0 radical (unpaired) electrons. The van der Waals surface area contributed by atoms with Crippen LogP contribution in [0.2, 0.25) is 5.02 Å². The van der Waals surface area contributed by atoms with Crippen LogP contribution in [0.3, 0.4) is 0 Å². The number of aromatic nitrogens is 1. The molecule has 0 unspecified atom stereocenters. The van der Waals surface area contributed by atoms with Gasteiger partial charge < -0.3 is 15.3 Å². The van der Waals surface area contributed by atoms with E-state index in [4.69, 9.17) is 11.6 Å². The van der Waals surface area contributed by atoms with Crippen molar-refractivity contribution in [2.24, 2.45) is 0 Å². The van der Waals surface area contributed by atoms with Crippen LogP contribution in [0, 0.1) is 6.92 Å². The Balaban J connectivity index is 1.64. The van der Waals surface area contributed by atoms with Crippen molar-refractivity contribution in [1.82, 2.24) is 4.98 Å². The van der Waals surface area contributed by atoms with E-state index in [1.54, 1.807) is 12.3 Å². The quantitative estimate of drug-likeness (QED) is 0.411. The van der Waals surface area contributed by atoms with Gasteiger partial charge in [0.05, 0.1) is 11.2 Å². The number of rotatable bonds is 5. The number of anilines is 3. The van der Waals surface area contributed by atoms with Crippen molar-refractivity contribution >= 4 is 39.6 Å². The molecule has 5 heteroatoms. The number of aromatic hydroxyl groups is 1. The Kier molecular flexibility index (Phi) is 5.28. The van der Waals surface area contributed by atoms with Gasteiger partial charge in [-0.15, -0.1) is 0 Å². The maximum absolute atomic E-state index is 10.4. The molecular formula is C24H22ClN3O. The van der Waals surface area contributed by atoms with Crippen molar-refractivity contribution in [2.75, 3.05) is 17.3 Å². The Hall–Kier alpha value is -3.24. The molecule has 0 spiro atoms. The standard InChI is InChI=1S/C24H22ClN3O/c1-16-5-3-4-6-21(16)27-15-17-13-19(8-10-24(17)29)28(2)23-11-12-26-22-14-18(25)7-9-20(22)23/h3-14,27,29H,15H2,1-2H3. The lowest BCUT2D eigenvalue weighted by Gasteiger charge is -2.22. The lowest BCUT2D eigenvalue weighted by molar-refractivity contribution is 0.469. The van der Waals surface area contributed by atoms with Crippen LogP contribution >= 0.6 is 11.6 Å². The number of aryl methyl sites for hydroxylation is 1. The lowest BCUT2D eigenvalue weighted by Crippen LogP contribution is -2.11. The molecule has 4 nitrogen and oxygen atoms in total. The van der Waals surface area contributed by atoms with Crippen LogP contribution in [0.1, 0.15) is 11.1 Å². The third-order valence-electron chi connectivity index (χ3n) is 5.11. The molecule has 0 aliphatic heterocycles. The molecule has 0 aliphatic carbocycles. The fourth-order valence-electron chi connectivity index (χ4n) is 3.42. The Morgan fingerprint density at radius 1 is 1.03 bits per heavy atom. The summed E-state index contributed by atoms with van der Waals surface area (Å²) in [5.74, 6) is 0.273. The molecule has 0 aliphatic rings. The number of nitrogens with zero attached hydrogens (tertiary/aromatic N) is 2. The summed E-state index contributed by atoms with van der Waals surface area (Å²) in [5, 5.41) is 15.4. The van der Waals surface area contributed by atoms with Crippen LogP contribution in [-0.2, 0) is 6.54 Å². The summed E-state index contributed by atoms with van der Waals surface area (Å²) in [7, 11) is 2.01. The van der Waals surface area contributed by atoms with Gasteiger partial charge in [-0.2, -0.15) is 0 Å². The number of pyridine rings is 1. The number of para-hydroxylation sites is 1. The highest BCUT2D eigenvalue weighted by molar-refractivity contribution is 6.31. The second kappa shape index (κ2) is 8.02. The summed E-state index contributed by atoms with van der Waals surface area (Å²) in [4.78, 5) is 6.51. The molecule has 0 saturated carbocycles. The van der Waals surface area contributed by atoms with Crippen molar-refractivity contribution in [3.8, 4) is 5.75 Å². The number of hydrogen-bond acceptors (Lipinski definition) is 4. The van der Waals surface area contributed by atoms with Gasteiger partial charge in [0.15, 0.2) is 0 Å². The first kappa shape index (κ1) is 19.1. The fourth-order valence-corrected chi connectivity index (χ4v) is 3.59. The van der Waals surface area contributed by atoms with Gasteiger partial charge in [0.2, 0.25) is 0 Å². The maximum Gasteiger partial charge on any atom is 0.120 e. The SMILES string of the molecule is Cc1ccccc1NCc1cc(N(C)c2ccnc3cc(Cl)ccc23)ccc1O. The Morgan fingerprint density at radius 3 is 2.69 bits per heavy atom. The first-order valence-electron chi connectivity index (χ1n) is 9.42. The van der Waals surface area contributed by atoms with Crippen molar-refractivity contribution in [1.29, 1.82) is 0 Å². The highest BCUT2D eigenvalue weighted by Crippen LogP contribution is 2.33. The summed E-state index contributed by atoms with van der Waals surface area (Å²) in [6.07, 6.45) is 1.78. The number of halogens is 1. The van der Waals surface area contributed by atoms with E-state index in [1.807, 2.05) is 61.6 Å². The molecule has 0 amide bonds. The van der Waals surface area contributed by atoms with E-state index in [-0.39, 0.29) is 5.75 Å². The van der Waals surface area contributed by atoms with Crippen molar-refractivity contribution in [2.45, 2.75) is 13.5 Å². The second-order valence-electron chi connectivity index (χ2n) is 7.03. The molecule has 146 valence electrons. The first-order chi connectivity index (χ1) is 14.0. The molecule has 0 saturated heterocycles. The molecule has 4 rings (SSSR count). The molecule has 0 bridgehead atoms. The van der Waals surface area contributed by atoms with E-state index in [9.17, 15) is 5.11 Å². The number of nitrogens with one attached hydrogen (secondary N) is 1. The van der Waals surface area contributed by atoms with Gasteiger partial charge in [-0.25, -0.2) is 0 Å². The van der Waals surface area contributed by atoms with E-state index in [2.05, 4.69) is 28.2 Å². The third kappa shape index (κ3) is 3.98. The van der Waals surface area contributed by atoms with Crippen LogP contribution in [0.15, 0.2) is 72.9 Å². The molecule has 2 N–H and O–H groups in total. The molecule has 1 aromatic heterocycles. The molecule has 4 aromatic rings. The zero-order chi connectivity index (χ0) is 20.4. The Morgan fingerprint density at radius 2 is 1.86 bits per heavy atom. The second-order valence-corrected chi connectivity index (χ2v) is 7.47. The third-order valence-corrected chi connectivity index (χ3v) is 5.34. The summed E-state index contributed by atoms with van der Waals surface area (Å²) in [6, 6.07) is 21.5. The maximum atomic E-state index is 10.4. The van der Waals surface area contributed by atoms with E-state index < -0.39 is 0 Å². The zero-order valence-corrected chi connectivity index (χ0v) is 17.1. The van der Waals surface area contributed by atoms with Crippen molar-refractivity contribution in [3.63, 3.8) is 0 Å². The van der Waals surface area contributed by atoms with Crippen LogP contribution < -0.4 is 10.2 Å². The Labute approximate surface area is 175 Å². The highest BCUT2D eigenvalue weighted by Gasteiger charge is 2.12. The first-order valence-corrected chi connectivity index (χ1v) is 9.80. The van der Waals surface area contributed by atoms with Crippen molar-refractivity contribution < 1.29 is 5.11 Å². The molecule has 0 fully saturated rings. The van der Waals surface area contributed by atoms with Crippen LogP contribution in [0.4, 0.5) is 17.1 Å². The van der Waals surface area contributed by atoms with Crippen LogP contribution in [-0.4, -0.2) is 17.1 Å². The number of fused-ring (bicyclic) bond motifs is 1. The molecular weight excluding hydrogens is 382 g/mol. The highest BCUT2D eigenvalue weighted by atomic mass is 35.5. The smallest absolute Gasteiger partial charge is 0.120 e. The fraction of sp³-hybridized carbons (Fsp3) is 0.125. The topological polar surface area (TPSA) is 48.4 Å². The number of phenolic OH excluding ortho intramolecular Hbond substituents is 1. The number of hydrogen-bond donors (Lipinski definition) is 2. The molecule has 3 aromatic carbocycles. The van der Waals surface area contributed by atoms with E-state index in [1.165, 1.54) is 5.56 Å². The van der Waals surface area contributed by atoms with Gasteiger partial charge in [0, 0.05) is 47.1 Å². The Bertz CT molecular complexity index is 1180. The normalized spacial score (nSPS) is 10.9. The number of benzene rings is 3. The van der Waals surface area contributed by atoms with E-state index in [0.717, 1.165) is 33.5 Å². The minimum Gasteiger partial charge on any atom is -0.508 e. The van der Waals surface area contributed by atoms with Crippen LogP contribution in [0.25, 0.3) is 10.9 Å². The predicted octanol–water partition coefficient (Wildman–Crippen LogP) is 6.28. The van der Waals surface area contributed by atoms with Crippen molar-refractivity contribution in [3.05, 3.63) is 89.1 Å². The summed E-state index contributed by atoms with van der Waals surface area (Å²) < 4.78 is 0. The minimum absolute atomic E-state index is 0.273. The van der Waals surface area contributed by atoms with E-state index in [0.29, 0.717) is 11.6 Å². The van der Waals surface area contributed by atoms with Gasteiger partial charge in [-0.05, 0) is 61.0 Å². The van der Waals surface area contributed by atoms with Gasteiger partial charge >= 0.3 is 0 Å².